The summed E-state index contributed by atoms with van der Waals surface area (Å²) in [6.45, 7) is 0. The number of nitrogens with two attached hydrogens (primary N) is 7. The van der Waals surface area contributed by atoms with Crippen LogP contribution >= 0.6 is 27.3 Å². The lowest BCUT2D eigenvalue weighted by Gasteiger charge is -2.05. The van der Waals surface area contributed by atoms with Gasteiger partial charge in [-0.1, -0.05) is 6.07 Å². The third-order valence-electron chi connectivity index (χ3n) is 11.7. The van der Waals surface area contributed by atoms with Gasteiger partial charge < -0.3 is 53.7 Å². The molecule has 0 bridgehead atoms. The Morgan fingerprint density at radius 1 is 0.458 bits per heavy atom. The maximum atomic E-state index is 11.4. The van der Waals surface area contributed by atoms with Crippen molar-refractivity contribution in [3.63, 3.8) is 0 Å². The zero-order valence-corrected chi connectivity index (χ0v) is 52.5. The van der Waals surface area contributed by atoms with Gasteiger partial charge in [-0.25, -0.2) is 89.8 Å². The Morgan fingerprint density at radius 3 is 1.30 bits per heavy atom. The number of nitrogens with zero attached hydrogens (tertiary/aromatic N) is 18. The van der Waals surface area contributed by atoms with Crippen LogP contribution in [0.2, 0.25) is 0 Å². The molecule has 96 heavy (non-hydrogen) atoms. The molecule has 1 amide bonds. The molecule has 12 aromatic rings. The van der Waals surface area contributed by atoms with Crippen molar-refractivity contribution < 1.29 is 43.3 Å². The largest absolute Gasteiger partial charge is 0.476 e. The van der Waals surface area contributed by atoms with Crippen molar-refractivity contribution in [1.82, 2.24) is 100 Å². The summed E-state index contributed by atoms with van der Waals surface area (Å²) in [6.07, 6.45) is 23.3. The molecule has 12 heterocycles. The summed E-state index contributed by atoms with van der Waals surface area (Å²) in [6, 6.07) is 18.3. The Morgan fingerprint density at radius 2 is 0.865 bits per heavy atom. The summed E-state index contributed by atoms with van der Waals surface area (Å²) in [5.74, 6) is 2.98. The number of aromatic amines is 1. The van der Waals surface area contributed by atoms with Crippen LogP contribution in [-0.2, 0) is 14.2 Å². The van der Waals surface area contributed by atoms with Gasteiger partial charge in [0.1, 0.15) is 4.60 Å². The van der Waals surface area contributed by atoms with E-state index in [1.807, 2.05) is 41.1 Å². The number of carbonyl (C=O) groups excluding carboxylic acids is 4. The van der Waals surface area contributed by atoms with E-state index in [0.29, 0.717) is 50.3 Å². The van der Waals surface area contributed by atoms with E-state index < -0.39 is 29.8 Å². The average molecular weight is 1380 g/mol. The van der Waals surface area contributed by atoms with Gasteiger partial charge >= 0.3 is 23.9 Å². The fraction of sp³-hybridized carbons (Fsp3) is 0.0517. The van der Waals surface area contributed by atoms with E-state index >= 15 is 0 Å². The van der Waals surface area contributed by atoms with Crippen LogP contribution in [-0.4, -0.2) is 151 Å². The number of nitrogen functional groups attached to an aromatic ring is 7. The van der Waals surface area contributed by atoms with Crippen LogP contribution in [0.15, 0.2) is 164 Å². The van der Waals surface area contributed by atoms with Crippen LogP contribution in [0.3, 0.4) is 0 Å². The van der Waals surface area contributed by atoms with E-state index in [0.717, 1.165) is 21.6 Å². The number of esters is 3. The highest BCUT2D eigenvalue weighted by atomic mass is 79.9. The summed E-state index contributed by atoms with van der Waals surface area (Å²) < 4.78 is 13.8. The number of methoxy groups -OCH3 is 3. The zero-order valence-electron chi connectivity index (χ0n) is 50.1. The first-order chi connectivity index (χ1) is 46.3. The van der Waals surface area contributed by atoms with Crippen molar-refractivity contribution >= 4 is 92.0 Å². The average Bonchev–Trinajstić information content (AvgIpc) is 1.06. The fourth-order valence-electron chi connectivity index (χ4n) is 7.13. The molecule has 0 aliphatic rings. The zero-order chi connectivity index (χ0) is 69.1. The van der Waals surface area contributed by atoms with Crippen molar-refractivity contribution in [3.8, 4) is 67.2 Å². The normalized spacial score (nSPS) is 10.0. The highest BCUT2D eigenvalue weighted by molar-refractivity contribution is 9.10. The number of ether oxygens (including phenoxy) is 3. The van der Waals surface area contributed by atoms with Crippen LogP contribution < -0.4 is 45.7 Å². The van der Waals surface area contributed by atoms with E-state index in [4.69, 9.17) is 45.4 Å². The molecule has 0 fully saturated rings. The third kappa shape index (κ3) is 19.3. The van der Waals surface area contributed by atoms with Crippen molar-refractivity contribution in [2.24, 2.45) is 5.84 Å². The minimum atomic E-state index is -1.20. The molecule has 486 valence electrons. The van der Waals surface area contributed by atoms with Gasteiger partial charge in [0.05, 0.1) is 80.0 Å². The summed E-state index contributed by atoms with van der Waals surface area (Å²) in [4.78, 5) is 124. The second-order valence-corrected chi connectivity index (χ2v) is 19.6. The highest BCUT2D eigenvalue weighted by Gasteiger charge is 2.19. The van der Waals surface area contributed by atoms with Gasteiger partial charge in [-0.3, -0.25) is 35.3 Å². The summed E-state index contributed by atoms with van der Waals surface area (Å²) in [5, 5.41) is 17.9. The number of pyridine rings is 4. The number of anilines is 6. The SMILES string of the molecule is COC(=O)c1nc(-c2cccnc2)cnc1N.COC(=O)c1nc(Br)cnc1N.COC(=O)c1nccnc1N.NNC(=O)c1nc(-c2cccnc2)cnc1N.Nc1ncc(-c2cccnc2)nc1-c1n[nH]c(-c2cccs2)n1.Nc1ncc(-c2cccnc2)nc1C(=O)O. The van der Waals surface area contributed by atoms with E-state index in [1.165, 1.54) is 58.5 Å². The molecule has 0 saturated heterocycles. The van der Waals surface area contributed by atoms with Crippen molar-refractivity contribution in [1.29, 1.82) is 0 Å². The van der Waals surface area contributed by atoms with Gasteiger partial charge in [-0.15, -0.1) is 11.3 Å². The molecule has 0 aliphatic heterocycles. The van der Waals surface area contributed by atoms with Gasteiger partial charge in [-0.05, 0) is 75.9 Å². The standard InChI is InChI=1S/C15H11N7S.C11H10N4O2.C10H10N6O.C10H8N4O2.C6H6BrN3O2.C6H7N3O2/c16-13-12(15-20-14(21-22-15)11-4-2-6-23-11)19-10(8-18-13)9-3-1-5-17-7-9;1-17-11(16)9-10(12)14-6-8(15-9)7-3-2-4-13-5-7;11-9-8(10(17)16-12)15-7(5-14-9)6-2-1-3-13-4-6;11-9-8(10(15)16)14-7(5-13-9)6-2-1-3-12-4-6;1-12-6(11)4-5(8)9-2-3(7)10-4;1-11-6(10)4-5(7)9-3-2-8-4/h1-8H,(H2,16,18)(H,20,21,22);2-6H,1H3,(H2,12,14);1-5H,12H2,(H2,11,14)(H,16,17);1-5H,(H2,11,13)(H,15,16);2H,1H3,(H2,8,9);2-3H,1H3,(H2,7,9). The van der Waals surface area contributed by atoms with Gasteiger partial charge in [0, 0.05) is 84.2 Å². The molecule has 38 heteroatoms. The van der Waals surface area contributed by atoms with Crippen molar-refractivity contribution in [2.45, 2.75) is 0 Å². The summed E-state index contributed by atoms with van der Waals surface area (Å²) >= 11 is 4.64. The molecule has 0 radical (unpaired) electrons. The Bertz CT molecular complexity index is 4490. The Labute approximate surface area is 553 Å². The van der Waals surface area contributed by atoms with Gasteiger partial charge in [-0.2, -0.15) is 5.10 Å². The minimum Gasteiger partial charge on any atom is -0.476 e. The number of halogens is 1. The number of carboxylic acids is 1. The van der Waals surface area contributed by atoms with Crippen molar-refractivity contribution in [2.75, 3.05) is 55.7 Å². The van der Waals surface area contributed by atoms with Crippen molar-refractivity contribution in [3.05, 3.63) is 192 Å². The topological polar surface area (TPSA) is 575 Å². The number of hydrogen-bond donors (Lipinski definition) is 10. The molecule has 0 saturated carbocycles. The number of rotatable bonds is 11. The fourth-order valence-corrected chi connectivity index (χ4v) is 8.07. The number of nitrogens with one attached hydrogen (secondary N) is 2. The molecular weight excluding hydrogens is 1330 g/mol. The number of amides is 1. The second kappa shape index (κ2) is 34.6. The number of aromatic carboxylic acids is 1. The molecule has 0 aliphatic carbocycles. The molecule has 0 unspecified atom stereocenters. The van der Waals surface area contributed by atoms with E-state index in [2.05, 4.69) is 125 Å². The minimum absolute atomic E-state index is 0.00569. The number of H-pyrrole nitrogens is 1. The smallest absolute Gasteiger partial charge is 0.360 e. The molecule has 0 spiro atoms. The number of hydrogen-bond acceptors (Lipinski definition) is 34. The van der Waals surface area contributed by atoms with Gasteiger partial charge in [0.25, 0.3) is 5.91 Å². The van der Waals surface area contributed by atoms with Crippen LogP contribution in [0.1, 0.15) is 52.4 Å². The summed E-state index contributed by atoms with van der Waals surface area (Å²) in [7, 11) is 3.78. The first-order valence-corrected chi connectivity index (χ1v) is 28.4. The predicted molar refractivity (Wildman–Crippen MR) is 351 cm³/mol. The van der Waals surface area contributed by atoms with Crippen LogP contribution in [0.4, 0.5) is 34.9 Å². The summed E-state index contributed by atoms with van der Waals surface area (Å²) in [5.41, 5.74) is 40.5. The molecule has 12 rings (SSSR count). The van der Waals surface area contributed by atoms with Crippen LogP contribution in [0.5, 0.6) is 0 Å². The Hall–Kier alpha value is -13.5. The number of carbonyl (C=O) groups is 5. The lowest BCUT2D eigenvalue weighted by Crippen LogP contribution is -2.31. The molecule has 0 aromatic carbocycles. The lowest BCUT2D eigenvalue weighted by atomic mass is 10.2. The van der Waals surface area contributed by atoms with Gasteiger partial charge in [0.15, 0.2) is 74.9 Å². The number of hydrazine groups is 1. The number of thiophene rings is 1. The molecular formula is C58H52BrN27O9S. The lowest BCUT2D eigenvalue weighted by molar-refractivity contribution is 0.0586. The molecule has 17 N–H and O–H groups in total. The maximum absolute atomic E-state index is 11.4. The Balaban J connectivity index is 0.000000165. The Kier molecular flexibility index (Phi) is 25.2. The predicted octanol–water partition coefficient (Wildman–Crippen LogP) is 4.54. The molecule has 0 atom stereocenters. The quantitative estimate of drug-likeness (QED) is 0.0279. The first-order valence-electron chi connectivity index (χ1n) is 26.8. The number of carboxylic acid groups (broad SMARTS) is 1. The van der Waals surface area contributed by atoms with Crippen LogP contribution in [0, 0.1) is 0 Å². The van der Waals surface area contributed by atoms with E-state index in [1.54, 1.807) is 97.4 Å². The third-order valence-corrected chi connectivity index (χ3v) is 12.9. The van der Waals surface area contributed by atoms with E-state index in [-0.39, 0.29) is 63.4 Å². The monoisotopic (exact) mass is 1380 g/mol. The molecule has 36 nitrogen and oxygen atoms in total. The molecule has 12 aromatic heterocycles. The maximum Gasteiger partial charge on any atom is 0.360 e. The first kappa shape index (κ1) is 70.0. The van der Waals surface area contributed by atoms with Crippen LogP contribution in [0.25, 0.3) is 67.2 Å². The number of aromatic nitrogens is 19. The van der Waals surface area contributed by atoms with E-state index in [9.17, 15) is 24.0 Å². The highest BCUT2D eigenvalue weighted by Crippen LogP contribution is 2.27. The van der Waals surface area contributed by atoms with Gasteiger partial charge in [0.2, 0.25) is 5.82 Å². The second-order valence-electron chi connectivity index (χ2n) is 17.9.